The number of anilines is 2. The molecule has 1 aromatic heterocycles. The molecule has 0 aliphatic heterocycles. The van der Waals surface area contributed by atoms with Crippen LogP contribution in [0.2, 0.25) is 0 Å². The van der Waals surface area contributed by atoms with Crippen LogP contribution < -0.4 is 10.2 Å². The minimum atomic E-state index is -0.162. The highest BCUT2D eigenvalue weighted by Gasteiger charge is 2.10. The lowest BCUT2D eigenvalue weighted by Crippen LogP contribution is -2.14. The van der Waals surface area contributed by atoms with Crippen molar-refractivity contribution in [2.75, 3.05) is 24.3 Å². The Hall–Kier alpha value is -3.22. The molecule has 0 fully saturated rings. The lowest BCUT2D eigenvalue weighted by Gasteiger charge is -2.14. The SMILES string of the molecule is Cc1ccc(NC(=O)c2cccc(N(C)C)c2)cc1-n1cnnn1. The number of nitrogens with zero attached hydrogens (tertiary/aromatic N) is 5. The minimum Gasteiger partial charge on any atom is -0.378 e. The van der Waals surface area contributed by atoms with E-state index in [0.717, 1.165) is 16.9 Å². The summed E-state index contributed by atoms with van der Waals surface area (Å²) >= 11 is 0. The molecule has 1 amide bonds. The number of tetrazole rings is 1. The molecule has 0 aliphatic carbocycles. The van der Waals surface area contributed by atoms with Crippen molar-refractivity contribution >= 4 is 17.3 Å². The lowest BCUT2D eigenvalue weighted by atomic mass is 10.1. The standard InChI is InChI=1S/C17H18N6O/c1-12-7-8-14(10-16(12)23-11-18-20-21-23)19-17(24)13-5-4-6-15(9-13)22(2)3/h4-11H,1-3H3,(H,19,24). The van der Waals surface area contributed by atoms with Gasteiger partial charge in [-0.1, -0.05) is 12.1 Å². The quantitative estimate of drug-likeness (QED) is 0.797. The summed E-state index contributed by atoms with van der Waals surface area (Å²) in [4.78, 5) is 14.5. The van der Waals surface area contributed by atoms with E-state index in [1.54, 1.807) is 10.7 Å². The number of rotatable bonds is 4. The molecular formula is C17H18N6O. The van der Waals surface area contributed by atoms with Gasteiger partial charge in [0.1, 0.15) is 6.33 Å². The average molecular weight is 322 g/mol. The van der Waals surface area contributed by atoms with Crippen LogP contribution in [0.15, 0.2) is 48.8 Å². The smallest absolute Gasteiger partial charge is 0.255 e. The molecule has 1 N–H and O–H groups in total. The van der Waals surface area contributed by atoms with Gasteiger partial charge in [0.15, 0.2) is 0 Å². The second-order valence-corrected chi connectivity index (χ2v) is 5.65. The molecule has 24 heavy (non-hydrogen) atoms. The molecular weight excluding hydrogens is 304 g/mol. The molecule has 3 aromatic rings. The fourth-order valence-electron chi connectivity index (χ4n) is 2.33. The normalized spacial score (nSPS) is 10.5. The third kappa shape index (κ3) is 3.24. The molecule has 1 heterocycles. The fraction of sp³-hybridized carbons (Fsp3) is 0.176. The third-order valence-corrected chi connectivity index (χ3v) is 3.69. The topological polar surface area (TPSA) is 75.9 Å². The number of carbonyl (C=O) groups is 1. The Kier molecular flexibility index (Phi) is 4.24. The van der Waals surface area contributed by atoms with Crippen LogP contribution in [-0.4, -0.2) is 40.2 Å². The zero-order chi connectivity index (χ0) is 17.1. The van der Waals surface area contributed by atoms with Crippen LogP contribution in [-0.2, 0) is 0 Å². The first kappa shape index (κ1) is 15.7. The summed E-state index contributed by atoms with van der Waals surface area (Å²) in [6.07, 6.45) is 1.52. The zero-order valence-electron chi connectivity index (χ0n) is 13.8. The Bertz CT molecular complexity index is 857. The zero-order valence-corrected chi connectivity index (χ0v) is 13.8. The molecule has 122 valence electrons. The van der Waals surface area contributed by atoms with E-state index in [4.69, 9.17) is 0 Å². The van der Waals surface area contributed by atoms with Crippen molar-refractivity contribution in [3.05, 3.63) is 59.9 Å². The number of aromatic nitrogens is 4. The Morgan fingerprint density at radius 2 is 2.00 bits per heavy atom. The van der Waals surface area contributed by atoms with Gasteiger partial charge >= 0.3 is 0 Å². The number of benzene rings is 2. The average Bonchev–Trinajstić information content (AvgIpc) is 3.11. The molecule has 7 heteroatoms. The number of amides is 1. The van der Waals surface area contributed by atoms with Gasteiger partial charge in [0.25, 0.3) is 5.91 Å². The molecule has 0 unspecified atom stereocenters. The first-order valence-corrected chi connectivity index (χ1v) is 7.47. The van der Waals surface area contributed by atoms with Gasteiger partial charge in [-0.05, 0) is 53.2 Å². The van der Waals surface area contributed by atoms with Crippen LogP contribution in [0.3, 0.4) is 0 Å². The highest BCUT2D eigenvalue weighted by atomic mass is 16.1. The minimum absolute atomic E-state index is 0.162. The molecule has 0 saturated heterocycles. The van der Waals surface area contributed by atoms with Crippen molar-refractivity contribution in [1.82, 2.24) is 20.2 Å². The van der Waals surface area contributed by atoms with Gasteiger partial charge in [-0.15, -0.1) is 5.10 Å². The maximum Gasteiger partial charge on any atom is 0.255 e. The lowest BCUT2D eigenvalue weighted by molar-refractivity contribution is 0.102. The van der Waals surface area contributed by atoms with Gasteiger partial charge in [-0.2, -0.15) is 0 Å². The van der Waals surface area contributed by atoms with E-state index < -0.39 is 0 Å². The van der Waals surface area contributed by atoms with E-state index >= 15 is 0 Å². The second-order valence-electron chi connectivity index (χ2n) is 5.65. The molecule has 2 aromatic carbocycles. The molecule has 0 aliphatic rings. The van der Waals surface area contributed by atoms with E-state index in [2.05, 4.69) is 20.8 Å². The van der Waals surface area contributed by atoms with Crippen molar-refractivity contribution in [2.45, 2.75) is 6.92 Å². The Morgan fingerprint density at radius 1 is 1.17 bits per heavy atom. The number of nitrogens with one attached hydrogen (secondary N) is 1. The van der Waals surface area contributed by atoms with Gasteiger partial charge in [0.2, 0.25) is 0 Å². The number of hydrogen-bond acceptors (Lipinski definition) is 5. The molecule has 0 spiro atoms. The van der Waals surface area contributed by atoms with Gasteiger partial charge in [0.05, 0.1) is 5.69 Å². The number of hydrogen-bond donors (Lipinski definition) is 1. The Labute approximate surface area is 139 Å². The van der Waals surface area contributed by atoms with Crippen molar-refractivity contribution in [3.8, 4) is 5.69 Å². The van der Waals surface area contributed by atoms with Crippen molar-refractivity contribution in [1.29, 1.82) is 0 Å². The summed E-state index contributed by atoms with van der Waals surface area (Å²) in [6.45, 7) is 1.96. The molecule has 7 nitrogen and oxygen atoms in total. The van der Waals surface area contributed by atoms with E-state index in [1.165, 1.54) is 6.33 Å². The van der Waals surface area contributed by atoms with E-state index in [1.807, 2.05) is 62.3 Å². The van der Waals surface area contributed by atoms with Crippen LogP contribution in [0.25, 0.3) is 5.69 Å². The monoisotopic (exact) mass is 322 g/mol. The first-order valence-electron chi connectivity index (χ1n) is 7.47. The number of carbonyl (C=O) groups excluding carboxylic acids is 1. The first-order chi connectivity index (χ1) is 11.5. The van der Waals surface area contributed by atoms with Crippen LogP contribution in [0.4, 0.5) is 11.4 Å². The summed E-state index contributed by atoms with van der Waals surface area (Å²) in [7, 11) is 3.88. The number of aryl methyl sites for hydroxylation is 1. The molecule has 0 saturated carbocycles. The van der Waals surface area contributed by atoms with E-state index in [0.29, 0.717) is 11.3 Å². The highest BCUT2D eigenvalue weighted by molar-refractivity contribution is 6.05. The highest BCUT2D eigenvalue weighted by Crippen LogP contribution is 2.20. The van der Waals surface area contributed by atoms with Crippen molar-refractivity contribution in [3.63, 3.8) is 0 Å². The Balaban J connectivity index is 1.85. The van der Waals surface area contributed by atoms with E-state index in [-0.39, 0.29) is 5.91 Å². The van der Waals surface area contributed by atoms with E-state index in [9.17, 15) is 4.79 Å². The molecule has 0 bridgehead atoms. The summed E-state index contributed by atoms with van der Waals surface area (Å²) in [6, 6.07) is 13.1. The van der Waals surface area contributed by atoms with Gasteiger partial charge in [-0.3, -0.25) is 4.79 Å². The third-order valence-electron chi connectivity index (χ3n) is 3.69. The van der Waals surface area contributed by atoms with Crippen LogP contribution in [0.1, 0.15) is 15.9 Å². The summed E-state index contributed by atoms with van der Waals surface area (Å²) in [5.74, 6) is -0.162. The van der Waals surface area contributed by atoms with Gasteiger partial charge < -0.3 is 10.2 Å². The largest absolute Gasteiger partial charge is 0.378 e. The predicted octanol–water partition coefficient (Wildman–Crippen LogP) is 2.29. The maximum absolute atomic E-state index is 12.5. The predicted molar refractivity (Wildman–Crippen MR) is 92.6 cm³/mol. The van der Waals surface area contributed by atoms with Gasteiger partial charge in [0, 0.05) is 31.0 Å². The summed E-state index contributed by atoms with van der Waals surface area (Å²) in [5.41, 5.74) is 4.09. The van der Waals surface area contributed by atoms with Crippen molar-refractivity contribution < 1.29 is 4.79 Å². The molecule has 0 radical (unpaired) electrons. The van der Waals surface area contributed by atoms with Gasteiger partial charge in [-0.25, -0.2) is 4.68 Å². The van der Waals surface area contributed by atoms with Crippen LogP contribution in [0, 0.1) is 6.92 Å². The van der Waals surface area contributed by atoms with Crippen LogP contribution in [0.5, 0.6) is 0 Å². The molecule has 0 atom stereocenters. The summed E-state index contributed by atoms with van der Waals surface area (Å²) < 4.78 is 1.57. The van der Waals surface area contributed by atoms with Crippen molar-refractivity contribution in [2.24, 2.45) is 0 Å². The maximum atomic E-state index is 12.5. The Morgan fingerprint density at radius 3 is 2.71 bits per heavy atom. The summed E-state index contributed by atoms with van der Waals surface area (Å²) in [5, 5.41) is 14.1. The second kappa shape index (κ2) is 6.49. The fourth-order valence-corrected chi connectivity index (χ4v) is 2.33. The van der Waals surface area contributed by atoms with Crippen LogP contribution >= 0.6 is 0 Å². The molecule has 3 rings (SSSR count).